The van der Waals surface area contributed by atoms with Crippen molar-refractivity contribution in [2.24, 2.45) is 0 Å². The molecule has 1 aliphatic rings. The maximum absolute atomic E-state index is 12.4. The molecule has 0 bridgehead atoms. The first-order valence-corrected chi connectivity index (χ1v) is 6.65. The summed E-state index contributed by atoms with van der Waals surface area (Å²) in [7, 11) is 3.76. The molecule has 1 aliphatic carbocycles. The molecule has 2 rings (SSSR count). The minimum Gasteiger partial charge on any atom is -0.481 e. The smallest absolute Gasteiger partial charge is 0.305 e. The summed E-state index contributed by atoms with van der Waals surface area (Å²) in [4.78, 5) is 30.8. The van der Waals surface area contributed by atoms with Gasteiger partial charge in [-0.25, -0.2) is 4.98 Å². The molecule has 6 heteroatoms. The molecule has 1 heterocycles. The highest BCUT2D eigenvalue weighted by atomic mass is 16.4. The number of amides is 1. The zero-order valence-electron chi connectivity index (χ0n) is 11.7. The number of aliphatic carboxylic acids is 1. The van der Waals surface area contributed by atoms with Gasteiger partial charge in [-0.15, -0.1) is 0 Å². The van der Waals surface area contributed by atoms with Crippen LogP contribution < -0.4 is 4.90 Å². The summed E-state index contributed by atoms with van der Waals surface area (Å²) in [6.07, 6.45) is 3.43. The lowest BCUT2D eigenvalue weighted by Gasteiger charge is -2.21. The maximum Gasteiger partial charge on any atom is 0.305 e. The highest BCUT2D eigenvalue weighted by Gasteiger charge is 2.33. The first-order valence-electron chi connectivity index (χ1n) is 6.65. The molecular formula is C14H19N3O3. The van der Waals surface area contributed by atoms with Gasteiger partial charge >= 0.3 is 5.97 Å². The first-order chi connectivity index (χ1) is 9.49. The van der Waals surface area contributed by atoms with Gasteiger partial charge < -0.3 is 14.9 Å². The molecule has 0 spiro atoms. The molecule has 0 atom stereocenters. The molecule has 0 aliphatic heterocycles. The third kappa shape index (κ3) is 3.46. The topological polar surface area (TPSA) is 73.7 Å². The van der Waals surface area contributed by atoms with E-state index < -0.39 is 5.97 Å². The molecule has 1 fully saturated rings. The Hall–Kier alpha value is -2.11. The van der Waals surface area contributed by atoms with E-state index in [0.29, 0.717) is 5.56 Å². The van der Waals surface area contributed by atoms with Gasteiger partial charge in [0.2, 0.25) is 0 Å². The van der Waals surface area contributed by atoms with Gasteiger partial charge in [0.05, 0.1) is 12.0 Å². The Kier molecular flexibility index (Phi) is 4.22. The molecule has 1 amide bonds. The number of pyridine rings is 1. The summed E-state index contributed by atoms with van der Waals surface area (Å²) in [5.74, 6) is -0.235. The number of carboxylic acids is 1. The van der Waals surface area contributed by atoms with Gasteiger partial charge in [0.15, 0.2) is 0 Å². The van der Waals surface area contributed by atoms with Crippen LogP contribution in [0.15, 0.2) is 18.3 Å². The lowest BCUT2D eigenvalue weighted by Crippen LogP contribution is -2.35. The van der Waals surface area contributed by atoms with E-state index in [2.05, 4.69) is 4.98 Å². The van der Waals surface area contributed by atoms with Gasteiger partial charge in [0.1, 0.15) is 5.82 Å². The molecule has 1 N–H and O–H groups in total. The van der Waals surface area contributed by atoms with Crippen molar-refractivity contribution in [1.29, 1.82) is 0 Å². The Bertz CT molecular complexity index is 495. The fraction of sp³-hybridized carbons (Fsp3) is 0.500. The summed E-state index contributed by atoms with van der Waals surface area (Å²) < 4.78 is 0. The van der Waals surface area contributed by atoms with E-state index in [4.69, 9.17) is 5.11 Å². The minimum atomic E-state index is -0.885. The predicted octanol–water partition coefficient (Wildman–Crippen LogP) is 1.23. The van der Waals surface area contributed by atoms with E-state index in [1.54, 1.807) is 23.2 Å². The van der Waals surface area contributed by atoms with Crippen molar-refractivity contribution in [2.75, 3.05) is 25.5 Å². The summed E-state index contributed by atoms with van der Waals surface area (Å²) in [6.45, 7) is 0.258. The third-order valence-electron chi connectivity index (χ3n) is 3.27. The van der Waals surface area contributed by atoms with E-state index >= 15 is 0 Å². The SMILES string of the molecule is CN(C)c1ccc(C(=O)N(CCC(=O)O)C2CC2)cn1. The molecule has 0 unspecified atom stereocenters. The number of rotatable bonds is 6. The average Bonchev–Trinajstić information content (AvgIpc) is 3.23. The van der Waals surface area contributed by atoms with Crippen LogP contribution in [0.1, 0.15) is 29.6 Å². The molecule has 1 saturated carbocycles. The molecule has 0 saturated heterocycles. The number of hydrogen-bond donors (Lipinski definition) is 1. The number of carbonyl (C=O) groups excluding carboxylic acids is 1. The molecule has 0 aromatic carbocycles. The molecule has 0 radical (unpaired) electrons. The Morgan fingerprint density at radius 1 is 1.35 bits per heavy atom. The van der Waals surface area contributed by atoms with Crippen LogP contribution >= 0.6 is 0 Å². The van der Waals surface area contributed by atoms with E-state index in [0.717, 1.165) is 18.7 Å². The van der Waals surface area contributed by atoms with Crippen molar-refractivity contribution in [3.63, 3.8) is 0 Å². The number of nitrogens with zero attached hydrogens (tertiary/aromatic N) is 3. The van der Waals surface area contributed by atoms with Crippen LogP contribution in [0.2, 0.25) is 0 Å². The van der Waals surface area contributed by atoms with Crippen molar-refractivity contribution in [3.05, 3.63) is 23.9 Å². The van der Waals surface area contributed by atoms with Crippen LogP contribution in [-0.4, -0.2) is 53.5 Å². The monoisotopic (exact) mass is 277 g/mol. The minimum absolute atomic E-state index is 0.0224. The summed E-state index contributed by atoms with van der Waals surface area (Å²) in [6, 6.07) is 3.71. The fourth-order valence-electron chi connectivity index (χ4n) is 2.00. The van der Waals surface area contributed by atoms with Gasteiger partial charge in [-0.2, -0.15) is 0 Å². The van der Waals surface area contributed by atoms with Crippen LogP contribution in [0.5, 0.6) is 0 Å². The van der Waals surface area contributed by atoms with E-state index in [1.807, 2.05) is 19.0 Å². The third-order valence-corrected chi connectivity index (χ3v) is 3.27. The number of carbonyl (C=O) groups is 2. The summed E-state index contributed by atoms with van der Waals surface area (Å²) >= 11 is 0. The van der Waals surface area contributed by atoms with Crippen LogP contribution in [0.25, 0.3) is 0 Å². The van der Waals surface area contributed by atoms with Crippen molar-refractivity contribution in [2.45, 2.75) is 25.3 Å². The molecule has 1 aromatic heterocycles. The number of hydrogen-bond acceptors (Lipinski definition) is 4. The second-order valence-electron chi connectivity index (χ2n) is 5.17. The lowest BCUT2D eigenvalue weighted by atomic mass is 10.2. The summed E-state index contributed by atoms with van der Waals surface area (Å²) in [5.41, 5.74) is 0.507. The van der Waals surface area contributed by atoms with Gasteiger partial charge in [-0.05, 0) is 25.0 Å². The predicted molar refractivity (Wildman–Crippen MR) is 74.9 cm³/mol. The molecule has 1 aromatic rings. The molecule has 6 nitrogen and oxygen atoms in total. The molecule has 20 heavy (non-hydrogen) atoms. The Morgan fingerprint density at radius 3 is 2.50 bits per heavy atom. The second kappa shape index (κ2) is 5.90. The van der Waals surface area contributed by atoms with Crippen molar-refractivity contribution >= 4 is 17.7 Å². The van der Waals surface area contributed by atoms with Crippen LogP contribution in [-0.2, 0) is 4.79 Å². The van der Waals surface area contributed by atoms with Gasteiger partial charge in [0, 0.05) is 32.9 Å². The number of carboxylic acid groups (broad SMARTS) is 1. The zero-order chi connectivity index (χ0) is 14.7. The standard InChI is InChI=1S/C14H19N3O3/c1-16(2)12-6-3-10(9-15-12)14(20)17(11-4-5-11)8-7-13(18)19/h3,6,9,11H,4-5,7-8H2,1-2H3,(H,18,19). The van der Waals surface area contributed by atoms with Crippen molar-refractivity contribution < 1.29 is 14.7 Å². The van der Waals surface area contributed by atoms with Gasteiger partial charge in [0.25, 0.3) is 5.91 Å². The first kappa shape index (κ1) is 14.3. The fourth-order valence-corrected chi connectivity index (χ4v) is 2.00. The van der Waals surface area contributed by atoms with Crippen molar-refractivity contribution in [1.82, 2.24) is 9.88 Å². The van der Waals surface area contributed by atoms with Crippen LogP contribution in [0.4, 0.5) is 5.82 Å². The number of anilines is 1. The Balaban J connectivity index is 2.08. The quantitative estimate of drug-likeness (QED) is 0.846. The maximum atomic E-state index is 12.4. The van der Waals surface area contributed by atoms with Crippen LogP contribution in [0.3, 0.4) is 0 Å². The zero-order valence-corrected chi connectivity index (χ0v) is 11.7. The Labute approximate surface area is 118 Å². The molecular weight excluding hydrogens is 258 g/mol. The largest absolute Gasteiger partial charge is 0.481 e. The van der Waals surface area contributed by atoms with Gasteiger partial charge in [-0.1, -0.05) is 0 Å². The van der Waals surface area contributed by atoms with E-state index in [-0.39, 0.29) is 24.9 Å². The van der Waals surface area contributed by atoms with Crippen molar-refractivity contribution in [3.8, 4) is 0 Å². The lowest BCUT2D eigenvalue weighted by molar-refractivity contribution is -0.137. The second-order valence-corrected chi connectivity index (χ2v) is 5.17. The van der Waals surface area contributed by atoms with Crippen LogP contribution in [0, 0.1) is 0 Å². The Morgan fingerprint density at radius 2 is 2.05 bits per heavy atom. The van der Waals surface area contributed by atoms with E-state index in [9.17, 15) is 9.59 Å². The summed E-state index contributed by atoms with van der Waals surface area (Å²) in [5, 5.41) is 8.76. The van der Waals surface area contributed by atoms with Gasteiger partial charge in [-0.3, -0.25) is 9.59 Å². The van der Waals surface area contributed by atoms with E-state index in [1.165, 1.54) is 0 Å². The average molecular weight is 277 g/mol. The number of aromatic nitrogens is 1. The highest BCUT2D eigenvalue weighted by molar-refractivity contribution is 5.94. The normalized spacial score (nSPS) is 13.9. The molecule has 108 valence electrons. The highest BCUT2D eigenvalue weighted by Crippen LogP contribution is 2.28.